The molecule has 1 heterocycles. The Morgan fingerprint density at radius 2 is 2.00 bits per heavy atom. The molecule has 7 nitrogen and oxygen atoms in total. The minimum atomic E-state index is -0.210. The minimum absolute atomic E-state index is 0.170. The number of benzene rings is 1. The molecule has 0 unspecified atom stereocenters. The quantitative estimate of drug-likeness (QED) is 0.844. The molecule has 0 radical (unpaired) electrons. The number of ether oxygens (including phenoxy) is 2. The number of hydrogen-bond acceptors (Lipinski definition) is 5. The van der Waals surface area contributed by atoms with Crippen molar-refractivity contribution in [2.45, 2.75) is 26.7 Å². The molecule has 2 rings (SSSR count). The van der Waals surface area contributed by atoms with E-state index in [4.69, 9.17) is 9.47 Å². The van der Waals surface area contributed by atoms with Crippen LogP contribution in [0.3, 0.4) is 0 Å². The summed E-state index contributed by atoms with van der Waals surface area (Å²) in [5.41, 5.74) is 1.52. The molecule has 1 amide bonds. The first kappa shape index (κ1) is 17.5. The zero-order valence-corrected chi connectivity index (χ0v) is 14.2. The van der Waals surface area contributed by atoms with Crippen molar-refractivity contribution in [3.8, 4) is 11.5 Å². The molecule has 1 aromatic heterocycles. The number of rotatable bonds is 6. The highest BCUT2D eigenvalue weighted by Gasteiger charge is 2.12. The third-order valence-electron chi connectivity index (χ3n) is 3.63. The first-order chi connectivity index (χ1) is 11.4. The number of aryl methyl sites for hydroxylation is 2. The van der Waals surface area contributed by atoms with Gasteiger partial charge in [-0.05, 0) is 32.4 Å². The average molecular weight is 331 g/mol. The smallest absolute Gasteiger partial charge is 0.254 e. The summed E-state index contributed by atoms with van der Waals surface area (Å²) in [5, 5.41) is 2.78. The van der Waals surface area contributed by atoms with Crippen molar-refractivity contribution in [2.75, 3.05) is 19.5 Å². The van der Waals surface area contributed by atoms with Crippen LogP contribution in [0.15, 0.2) is 23.0 Å². The predicted octanol–water partition coefficient (Wildman–Crippen LogP) is 1.98. The summed E-state index contributed by atoms with van der Waals surface area (Å²) in [7, 11) is 3.08. The van der Waals surface area contributed by atoms with E-state index in [1.54, 1.807) is 39.2 Å². The zero-order valence-electron chi connectivity index (χ0n) is 14.2. The Morgan fingerprint density at radius 3 is 2.62 bits per heavy atom. The van der Waals surface area contributed by atoms with Gasteiger partial charge in [-0.2, -0.15) is 0 Å². The lowest BCUT2D eigenvalue weighted by Gasteiger charge is -2.12. The van der Waals surface area contributed by atoms with Crippen molar-refractivity contribution in [3.05, 3.63) is 45.6 Å². The molecule has 1 aromatic carbocycles. The molecule has 2 aromatic rings. The van der Waals surface area contributed by atoms with Crippen LogP contribution in [0, 0.1) is 13.8 Å². The molecule has 0 atom stereocenters. The van der Waals surface area contributed by atoms with Gasteiger partial charge >= 0.3 is 0 Å². The Morgan fingerprint density at radius 1 is 1.25 bits per heavy atom. The molecule has 24 heavy (non-hydrogen) atoms. The third kappa shape index (κ3) is 4.13. The Labute approximate surface area is 140 Å². The summed E-state index contributed by atoms with van der Waals surface area (Å²) >= 11 is 0. The molecular formula is C17H21N3O4. The molecule has 2 N–H and O–H groups in total. The molecule has 128 valence electrons. The van der Waals surface area contributed by atoms with Gasteiger partial charge in [-0.25, -0.2) is 4.98 Å². The Bertz CT molecular complexity index is 799. The van der Waals surface area contributed by atoms with E-state index in [1.807, 2.05) is 0 Å². The van der Waals surface area contributed by atoms with Crippen molar-refractivity contribution in [1.29, 1.82) is 0 Å². The number of aromatic nitrogens is 2. The number of anilines is 1. The van der Waals surface area contributed by atoms with Crippen LogP contribution in [0.2, 0.25) is 0 Å². The van der Waals surface area contributed by atoms with Gasteiger partial charge in [0, 0.05) is 23.7 Å². The maximum atomic E-state index is 12.2. The summed E-state index contributed by atoms with van der Waals surface area (Å²) in [6.45, 7) is 3.49. The zero-order chi connectivity index (χ0) is 17.7. The highest BCUT2D eigenvalue weighted by molar-refractivity contribution is 5.92. The molecule has 0 saturated carbocycles. The molecule has 0 spiro atoms. The van der Waals surface area contributed by atoms with Crippen molar-refractivity contribution >= 4 is 11.6 Å². The highest BCUT2D eigenvalue weighted by atomic mass is 16.5. The summed E-state index contributed by atoms with van der Waals surface area (Å²) < 4.78 is 10.4. The monoisotopic (exact) mass is 331 g/mol. The van der Waals surface area contributed by atoms with E-state index in [1.165, 1.54) is 7.11 Å². The largest absolute Gasteiger partial charge is 0.497 e. The topological polar surface area (TPSA) is 93.3 Å². The van der Waals surface area contributed by atoms with Gasteiger partial charge in [-0.15, -0.1) is 0 Å². The lowest BCUT2D eigenvalue weighted by atomic mass is 10.1. The lowest BCUT2D eigenvalue weighted by molar-refractivity contribution is -0.116. The lowest BCUT2D eigenvalue weighted by Crippen LogP contribution is -2.20. The Balaban J connectivity index is 2.06. The van der Waals surface area contributed by atoms with Crippen molar-refractivity contribution in [3.63, 3.8) is 0 Å². The maximum absolute atomic E-state index is 12.2. The SMILES string of the molecule is COc1ccc(NC(=O)CCc2c(C)nc(C)[nH]c2=O)c(OC)c1. The number of aromatic amines is 1. The minimum Gasteiger partial charge on any atom is -0.497 e. The van der Waals surface area contributed by atoms with E-state index in [0.29, 0.717) is 40.7 Å². The molecule has 0 aliphatic heterocycles. The second-order valence-electron chi connectivity index (χ2n) is 5.33. The number of carbonyl (C=O) groups excluding carboxylic acids is 1. The van der Waals surface area contributed by atoms with E-state index < -0.39 is 0 Å². The normalized spacial score (nSPS) is 10.3. The fourth-order valence-corrected chi connectivity index (χ4v) is 2.40. The first-order valence-corrected chi connectivity index (χ1v) is 7.53. The van der Waals surface area contributed by atoms with E-state index in [0.717, 1.165) is 0 Å². The first-order valence-electron chi connectivity index (χ1n) is 7.53. The molecule has 0 saturated heterocycles. The third-order valence-corrected chi connectivity index (χ3v) is 3.63. The Hall–Kier alpha value is -2.83. The van der Waals surface area contributed by atoms with E-state index in [-0.39, 0.29) is 17.9 Å². The summed E-state index contributed by atoms with van der Waals surface area (Å²) in [5.74, 6) is 1.50. The average Bonchev–Trinajstić information content (AvgIpc) is 2.54. The van der Waals surface area contributed by atoms with Gasteiger partial charge in [0.05, 0.1) is 19.9 Å². The van der Waals surface area contributed by atoms with Crippen molar-refractivity contribution in [1.82, 2.24) is 9.97 Å². The second-order valence-corrected chi connectivity index (χ2v) is 5.33. The fourth-order valence-electron chi connectivity index (χ4n) is 2.40. The standard InChI is InChI=1S/C17H21N3O4/c1-10-13(17(22)19-11(2)18-10)6-8-16(21)20-14-7-5-12(23-3)9-15(14)24-4/h5,7,9H,6,8H2,1-4H3,(H,20,21)(H,18,19,22). The molecular weight excluding hydrogens is 310 g/mol. The number of nitrogens with zero attached hydrogens (tertiary/aromatic N) is 1. The molecule has 0 bridgehead atoms. The molecule has 7 heteroatoms. The van der Waals surface area contributed by atoms with Gasteiger partial charge in [-0.1, -0.05) is 0 Å². The number of methoxy groups -OCH3 is 2. The van der Waals surface area contributed by atoms with Crippen LogP contribution in [-0.4, -0.2) is 30.1 Å². The van der Waals surface area contributed by atoms with Crippen molar-refractivity contribution in [2.24, 2.45) is 0 Å². The van der Waals surface area contributed by atoms with Crippen molar-refractivity contribution < 1.29 is 14.3 Å². The van der Waals surface area contributed by atoms with E-state index >= 15 is 0 Å². The van der Waals surface area contributed by atoms with Crippen LogP contribution in [0.25, 0.3) is 0 Å². The predicted molar refractivity (Wildman–Crippen MR) is 90.8 cm³/mol. The molecule has 0 fully saturated rings. The van der Waals surface area contributed by atoms with Gasteiger partial charge < -0.3 is 19.8 Å². The van der Waals surface area contributed by atoms with Gasteiger partial charge in [-0.3, -0.25) is 9.59 Å². The van der Waals surface area contributed by atoms with E-state index in [2.05, 4.69) is 15.3 Å². The number of amides is 1. The van der Waals surface area contributed by atoms with Gasteiger partial charge in [0.1, 0.15) is 17.3 Å². The Kier molecular flexibility index (Phi) is 5.57. The maximum Gasteiger partial charge on any atom is 0.254 e. The van der Waals surface area contributed by atoms with Crippen LogP contribution in [-0.2, 0) is 11.2 Å². The van der Waals surface area contributed by atoms with E-state index in [9.17, 15) is 9.59 Å². The van der Waals surface area contributed by atoms with Crippen LogP contribution in [0.4, 0.5) is 5.69 Å². The van der Waals surface area contributed by atoms with Gasteiger partial charge in [0.15, 0.2) is 0 Å². The number of nitrogens with one attached hydrogen (secondary N) is 2. The van der Waals surface area contributed by atoms with Crippen LogP contribution in [0.1, 0.15) is 23.5 Å². The number of hydrogen-bond donors (Lipinski definition) is 2. The molecule has 0 aliphatic carbocycles. The number of carbonyl (C=O) groups is 1. The van der Waals surface area contributed by atoms with Crippen LogP contribution < -0.4 is 20.3 Å². The van der Waals surface area contributed by atoms with Gasteiger partial charge in [0.25, 0.3) is 5.56 Å². The highest BCUT2D eigenvalue weighted by Crippen LogP contribution is 2.29. The van der Waals surface area contributed by atoms with Gasteiger partial charge in [0.2, 0.25) is 5.91 Å². The fraction of sp³-hybridized carbons (Fsp3) is 0.353. The molecule has 0 aliphatic rings. The summed E-state index contributed by atoms with van der Waals surface area (Å²) in [4.78, 5) is 31.0. The summed E-state index contributed by atoms with van der Waals surface area (Å²) in [6.07, 6.45) is 0.489. The van der Waals surface area contributed by atoms with Crippen LogP contribution >= 0.6 is 0 Å². The second kappa shape index (κ2) is 7.63. The van der Waals surface area contributed by atoms with Crippen LogP contribution in [0.5, 0.6) is 11.5 Å². The summed E-state index contributed by atoms with van der Waals surface area (Å²) in [6, 6.07) is 5.13. The number of H-pyrrole nitrogens is 1.